The molecule has 0 spiro atoms. The predicted molar refractivity (Wildman–Crippen MR) is 162 cm³/mol. The lowest BCUT2D eigenvalue weighted by atomic mass is 9.95. The fraction of sp³-hybridized carbons (Fsp3) is 0.483. The Hall–Kier alpha value is -2.89. The Kier molecular flexibility index (Phi) is 10.3. The van der Waals surface area contributed by atoms with Crippen LogP contribution >= 0.6 is 15.9 Å². The van der Waals surface area contributed by atoms with Crippen LogP contribution in [-0.2, 0) is 22.7 Å². The van der Waals surface area contributed by atoms with Crippen LogP contribution in [-0.4, -0.2) is 53.4 Å². The Balaban J connectivity index is 1.41. The van der Waals surface area contributed by atoms with Gasteiger partial charge >= 0.3 is 6.09 Å². The minimum absolute atomic E-state index is 0.109. The van der Waals surface area contributed by atoms with Crippen molar-refractivity contribution in [2.45, 2.75) is 83.0 Å². The van der Waals surface area contributed by atoms with Gasteiger partial charge in [-0.15, -0.1) is 0 Å². The Morgan fingerprint density at radius 3 is 2.55 bits per heavy atom. The third-order valence-corrected chi connectivity index (χ3v) is 9.36. The molecule has 0 unspecified atom stereocenters. The molecule has 2 aromatic heterocycles. The highest BCUT2D eigenvalue weighted by Gasteiger charge is 2.24. The minimum Gasteiger partial charge on any atom is -0.465 e. The van der Waals surface area contributed by atoms with Gasteiger partial charge in [0, 0.05) is 44.0 Å². The molecule has 11 heteroatoms. The highest BCUT2D eigenvalue weighted by molar-refractivity contribution is 9.10. The number of fused-ring (bicyclic) bond motifs is 1. The number of carboxylic acid groups (broad SMARTS) is 1. The van der Waals surface area contributed by atoms with Crippen molar-refractivity contribution in [3.8, 4) is 11.5 Å². The third kappa shape index (κ3) is 8.55. The molecular weight excluding hydrogens is 592 g/mol. The first kappa shape index (κ1) is 30.1. The van der Waals surface area contributed by atoms with Crippen LogP contribution in [0.2, 0.25) is 25.7 Å². The average molecular weight is 632 g/mol. The van der Waals surface area contributed by atoms with E-state index < -0.39 is 20.2 Å². The number of pyridine rings is 1. The number of ether oxygens (including phenoxy) is 2. The number of halogens is 1. The summed E-state index contributed by atoms with van der Waals surface area (Å²) in [6.45, 7) is 8.13. The number of nitrogens with zero attached hydrogens (tertiary/aromatic N) is 2. The topological polar surface area (TPSA) is 115 Å². The number of aromatic nitrogens is 2. The molecule has 3 aromatic rings. The van der Waals surface area contributed by atoms with Crippen molar-refractivity contribution in [1.82, 2.24) is 20.2 Å². The number of amides is 2. The number of rotatable bonds is 12. The van der Waals surface area contributed by atoms with Crippen LogP contribution in [0.25, 0.3) is 11.0 Å². The Bertz CT molecular complexity index is 1300. The number of nitrogens with one attached hydrogen (secondary N) is 2. The highest BCUT2D eigenvalue weighted by Crippen LogP contribution is 2.35. The van der Waals surface area contributed by atoms with Crippen LogP contribution in [0, 0.1) is 0 Å². The Morgan fingerprint density at radius 1 is 1.15 bits per heavy atom. The number of benzene rings is 1. The molecule has 1 aliphatic rings. The monoisotopic (exact) mass is 630 g/mol. The molecule has 9 nitrogen and oxygen atoms in total. The smallest absolute Gasteiger partial charge is 0.405 e. The number of hydrogen-bond acceptors (Lipinski definition) is 5. The lowest BCUT2D eigenvalue weighted by Crippen LogP contribution is -2.50. The zero-order valence-corrected chi connectivity index (χ0v) is 26.0. The van der Waals surface area contributed by atoms with E-state index in [1.807, 2.05) is 41.1 Å². The number of carbonyl (C=O) groups is 2. The average Bonchev–Trinajstić information content (AvgIpc) is 3.23. The van der Waals surface area contributed by atoms with Crippen molar-refractivity contribution in [1.29, 1.82) is 0 Å². The van der Waals surface area contributed by atoms with E-state index >= 15 is 0 Å². The van der Waals surface area contributed by atoms with Crippen LogP contribution in [0.5, 0.6) is 11.5 Å². The molecule has 1 aliphatic carbocycles. The van der Waals surface area contributed by atoms with Crippen LogP contribution < -0.4 is 15.4 Å². The molecule has 1 aromatic carbocycles. The van der Waals surface area contributed by atoms with Crippen LogP contribution in [0.15, 0.2) is 47.2 Å². The summed E-state index contributed by atoms with van der Waals surface area (Å²) in [4.78, 5) is 28.8. The van der Waals surface area contributed by atoms with E-state index in [2.05, 4.69) is 51.2 Å². The van der Waals surface area contributed by atoms with Crippen LogP contribution in [0.4, 0.5) is 4.79 Å². The molecule has 3 N–H and O–H groups in total. The molecule has 0 bridgehead atoms. The molecule has 1 saturated carbocycles. The van der Waals surface area contributed by atoms with Crippen molar-refractivity contribution in [3.63, 3.8) is 0 Å². The second-order valence-corrected chi connectivity index (χ2v) is 18.1. The van der Waals surface area contributed by atoms with E-state index in [1.165, 1.54) is 6.42 Å². The molecular formula is C29H39BrN4O5Si. The van der Waals surface area contributed by atoms with E-state index in [0.29, 0.717) is 18.2 Å². The summed E-state index contributed by atoms with van der Waals surface area (Å²) < 4.78 is 15.0. The minimum atomic E-state index is -1.22. The van der Waals surface area contributed by atoms with Crippen LogP contribution in [0.1, 0.15) is 37.7 Å². The summed E-state index contributed by atoms with van der Waals surface area (Å²) in [6.07, 6.45) is 7.91. The maximum Gasteiger partial charge on any atom is 0.405 e. The molecule has 0 radical (unpaired) electrons. The Labute approximate surface area is 244 Å². The van der Waals surface area contributed by atoms with E-state index in [1.54, 1.807) is 6.20 Å². The summed E-state index contributed by atoms with van der Waals surface area (Å²) in [7, 11) is -1.16. The standard InChI is InChI=1S/C29H39BrN4O5Si/c1-40(2,3)16-15-38-19-34-18-23(30)26-25(13-14-31-27(26)34)39-22-11-9-20(10-12-22)17-24(33-29(36)37)28(35)32-21-7-5-4-6-8-21/h9-14,18,21,24,33H,4-8,15-17,19H2,1-3H3,(H,32,35)(H,36,37)/t24-/m0/s1. The second kappa shape index (κ2) is 13.6. The molecule has 1 fully saturated rings. The quantitative estimate of drug-likeness (QED) is 0.155. The summed E-state index contributed by atoms with van der Waals surface area (Å²) in [6, 6.07) is 9.51. The molecule has 0 aliphatic heterocycles. The van der Waals surface area contributed by atoms with Crippen molar-refractivity contribution in [3.05, 3.63) is 52.8 Å². The van der Waals surface area contributed by atoms with Crippen molar-refractivity contribution in [2.24, 2.45) is 0 Å². The molecule has 2 heterocycles. The first-order chi connectivity index (χ1) is 19.1. The first-order valence-corrected chi connectivity index (χ1v) is 18.4. The van der Waals surface area contributed by atoms with Gasteiger partial charge in [-0.2, -0.15) is 0 Å². The molecule has 1 atom stereocenters. The van der Waals surface area contributed by atoms with Gasteiger partial charge in [-0.05, 0) is 58.6 Å². The van der Waals surface area contributed by atoms with Gasteiger partial charge in [0.1, 0.15) is 29.9 Å². The predicted octanol–water partition coefficient (Wildman–Crippen LogP) is 6.53. The van der Waals surface area contributed by atoms with E-state index in [0.717, 1.165) is 59.4 Å². The van der Waals surface area contributed by atoms with Gasteiger partial charge in [-0.3, -0.25) is 4.79 Å². The maximum atomic E-state index is 12.9. The van der Waals surface area contributed by atoms with Gasteiger partial charge in [-0.1, -0.05) is 51.0 Å². The normalized spacial score (nSPS) is 15.1. The Morgan fingerprint density at radius 2 is 1.88 bits per heavy atom. The summed E-state index contributed by atoms with van der Waals surface area (Å²) in [5.74, 6) is 0.993. The SMILES string of the molecule is C[Si](C)(C)CCOCn1cc(Br)c2c(Oc3ccc(C[C@H](NC(=O)O)C(=O)NC4CCCCC4)cc3)ccnc21. The van der Waals surface area contributed by atoms with Gasteiger partial charge in [0.05, 0.1) is 5.39 Å². The van der Waals surface area contributed by atoms with Crippen molar-refractivity contribution in [2.75, 3.05) is 6.61 Å². The fourth-order valence-electron chi connectivity index (χ4n) is 4.83. The van der Waals surface area contributed by atoms with Crippen molar-refractivity contribution >= 4 is 47.0 Å². The second-order valence-electron chi connectivity index (χ2n) is 11.6. The first-order valence-electron chi connectivity index (χ1n) is 13.9. The number of carbonyl (C=O) groups excluding carboxylic acids is 1. The zero-order chi connectivity index (χ0) is 28.7. The molecule has 40 heavy (non-hydrogen) atoms. The molecule has 0 saturated heterocycles. The lowest BCUT2D eigenvalue weighted by Gasteiger charge is -2.25. The third-order valence-electron chi connectivity index (χ3n) is 7.06. The largest absolute Gasteiger partial charge is 0.465 e. The van der Waals surface area contributed by atoms with Gasteiger partial charge in [-0.25, -0.2) is 9.78 Å². The van der Waals surface area contributed by atoms with Gasteiger partial charge in [0.25, 0.3) is 0 Å². The van der Waals surface area contributed by atoms with Gasteiger partial charge < -0.3 is 29.8 Å². The summed E-state index contributed by atoms with van der Waals surface area (Å²) in [5, 5.41) is 15.6. The number of hydrogen-bond donors (Lipinski definition) is 3. The van der Waals surface area contributed by atoms with Crippen LogP contribution in [0.3, 0.4) is 0 Å². The van der Waals surface area contributed by atoms with Crippen molar-refractivity contribution < 1.29 is 24.2 Å². The maximum absolute atomic E-state index is 12.9. The zero-order valence-electron chi connectivity index (χ0n) is 23.4. The lowest BCUT2D eigenvalue weighted by molar-refractivity contribution is -0.123. The van der Waals surface area contributed by atoms with Gasteiger partial charge in [0.15, 0.2) is 0 Å². The van der Waals surface area contributed by atoms with E-state index in [4.69, 9.17) is 9.47 Å². The molecule has 216 valence electrons. The highest BCUT2D eigenvalue weighted by atomic mass is 79.9. The van der Waals surface area contributed by atoms with E-state index in [9.17, 15) is 14.7 Å². The molecule has 2 amide bonds. The summed E-state index contributed by atoms with van der Waals surface area (Å²) in [5.41, 5.74) is 1.59. The summed E-state index contributed by atoms with van der Waals surface area (Å²) >= 11 is 3.65. The van der Waals surface area contributed by atoms with E-state index in [-0.39, 0.29) is 18.4 Å². The fourth-order valence-corrected chi connectivity index (χ4v) is 6.20. The van der Waals surface area contributed by atoms with Gasteiger partial charge in [0.2, 0.25) is 5.91 Å². The molecule has 4 rings (SSSR count).